The third kappa shape index (κ3) is 24.6. The van der Waals surface area contributed by atoms with Crippen LogP contribution >= 0.6 is 0 Å². The number of hydrogen-bond acceptors (Lipinski definition) is 7. The van der Waals surface area contributed by atoms with E-state index in [9.17, 15) is 13.2 Å². The van der Waals surface area contributed by atoms with Crippen molar-refractivity contribution in [1.82, 2.24) is 5.32 Å². The van der Waals surface area contributed by atoms with Gasteiger partial charge in [0, 0.05) is 6.92 Å². The summed E-state index contributed by atoms with van der Waals surface area (Å²) in [6.45, 7) is 3.97. The van der Waals surface area contributed by atoms with Gasteiger partial charge in [-0.05, 0) is 13.8 Å². The van der Waals surface area contributed by atoms with Crippen molar-refractivity contribution < 1.29 is 32.2 Å². The van der Waals surface area contributed by atoms with Gasteiger partial charge in [0.2, 0.25) is 0 Å². The lowest BCUT2D eigenvalue weighted by molar-refractivity contribution is -0.131. The molecule has 15 heavy (non-hydrogen) atoms. The van der Waals surface area contributed by atoms with Crippen LogP contribution < -0.4 is 5.32 Å². The highest BCUT2D eigenvalue weighted by Gasteiger charge is 2.06. The topological polar surface area (TPSA) is 133 Å². The van der Waals surface area contributed by atoms with Crippen LogP contribution in [0.1, 0.15) is 20.8 Å². The fourth-order valence-corrected chi connectivity index (χ4v) is 0.794. The van der Waals surface area contributed by atoms with Gasteiger partial charge in [0.05, 0.1) is 0 Å². The first-order valence-corrected chi connectivity index (χ1v) is 5.20. The molecule has 2 atom stereocenters. The largest absolute Gasteiger partial charge is 0.448 e. The number of nitrogens with one attached hydrogen (secondary N) is 1. The van der Waals surface area contributed by atoms with Crippen molar-refractivity contribution in [2.75, 3.05) is 0 Å². The minimum Gasteiger partial charge on any atom is -0.379 e. The van der Waals surface area contributed by atoms with E-state index in [0.717, 1.165) is 6.92 Å². The molecule has 92 valence electrons. The van der Waals surface area contributed by atoms with Crippen LogP contribution in [0.2, 0.25) is 0 Å². The van der Waals surface area contributed by atoms with Crippen LogP contribution in [0.25, 0.3) is 0 Å². The lowest BCUT2D eigenvalue weighted by atomic mass is 10.6. The predicted molar refractivity (Wildman–Crippen MR) is 49.8 cm³/mol. The van der Waals surface area contributed by atoms with Gasteiger partial charge < -0.3 is 14.4 Å². The molecule has 8 nitrogen and oxygen atoms in total. The summed E-state index contributed by atoms with van der Waals surface area (Å²) in [6.07, 6.45) is -1.25. The Balaban J connectivity index is 0. The highest BCUT2D eigenvalue weighted by molar-refractivity contribution is 7.81. The van der Waals surface area contributed by atoms with Crippen molar-refractivity contribution >= 4 is 16.4 Å². The van der Waals surface area contributed by atoms with E-state index < -0.39 is 28.8 Å². The Morgan fingerprint density at radius 1 is 1.27 bits per heavy atom. The average Bonchev–Trinajstić information content (AvgIpc) is 1.76. The molecule has 9 heteroatoms. The van der Waals surface area contributed by atoms with E-state index in [0.29, 0.717) is 0 Å². The fourth-order valence-electron chi connectivity index (χ4n) is 0.497. The Morgan fingerprint density at radius 3 is 1.60 bits per heavy atom. The van der Waals surface area contributed by atoms with Crippen molar-refractivity contribution in [3.05, 3.63) is 0 Å². The van der Waals surface area contributed by atoms with Crippen LogP contribution in [0.15, 0.2) is 0 Å². The third-order valence-electron chi connectivity index (χ3n) is 0.705. The minimum absolute atomic E-state index is 0.625. The Hall–Kier alpha value is -0.740. The second-order valence-corrected chi connectivity index (χ2v) is 3.54. The normalized spacial score (nSPS) is 14.5. The van der Waals surface area contributed by atoms with Crippen LogP contribution in [0, 0.1) is 0 Å². The summed E-state index contributed by atoms with van der Waals surface area (Å²) in [5, 5.41) is 19.3. The maximum absolute atomic E-state index is 9.70. The van der Waals surface area contributed by atoms with E-state index in [4.69, 9.17) is 14.8 Å². The van der Waals surface area contributed by atoms with Gasteiger partial charge in [0.25, 0.3) is 0 Å². The van der Waals surface area contributed by atoms with Crippen molar-refractivity contribution in [2.45, 2.75) is 33.2 Å². The van der Waals surface area contributed by atoms with E-state index in [1.807, 2.05) is 0 Å². The van der Waals surface area contributed by atoms with Gasteiger partial charge in [-0.1, -0.05) is 0 Å². The van der Waals surface area contributed by atoms with Crippen molar-refractivity contribution in [1.29, 1.82) is 0 Å². The molecule has 0 spiro atoms. The number of carbonyl (C=O) groups excluding carboxylic acids is 1. The van der Waals surface area contributed by atoms with E-state index in [-0.39, 0.29) is 0 Å². The van der Waals surface area contributed by atoms with Gasteiger partial charge >= 0.3 is 16.4 Å². The molecule has 4 N–H and O–H groups in total. The molecule has 0 aliphatic carbocycles. The SMILES string of the molecule is CC(=O)OS(=O)(=O)O.CC(O)NC(C)O. The highest BCUT2D eigenvalue weighted by atomic mass is 32.3. The third-order valence-corrected chi connectivity index (χ3v) is 1.15. The summed E-state index contributed by atoms with van der Waals surface area (Å²) < 4.78 is 30.2. The predicted octanol–water partition coefficient (Wildman–Crippen LogP) is -1.40. The summed E-state index contributed by atoms with van der Waals surface area (Å²) in [6, 6.07) is 0. The minimum atomic E-state index is -4.57. The molecule has 0 rings (SSSR count). The number of hydrogen-bond donors (Lipinski definition) is 4. The van der Waals surface area contributed by atoms with E-state index >= 15 is 0 Å². The fraction of sp³-hybridized carbons (Fsp3) is 0.833. The molecule has 0 fully saturated rings. The first-order chi connectivity index (χ1) is 6.54. The molecule has 0 aromatic rings. The van der Waals surface area contributed by atoms with E-state index in [2.05, 4.69) is 9.50 Å². The van der Waals surface area contributed by atoms with Crippen LogP contribution in [0.3, 0.4) is 0 Å². The summed E-state index contributed by atoms with van der Waals surface area (Å²) in [7, 11) is -4.57. The lowest BCUT2D eigenvalue weighted by Crippen LogP contribution is -2.33. The molecule has 0 saturated heterocycles. The van der Waals surface area contributed by atoms with Gasteiger partial charge in [0.15, 0.2) is 0 Å². The molecule has 0 amide bonds. The zero-order valence-corrected chi connectivity index (χ0v) is 9.35. The highest BCUT2D eigenvalue weighted by Crippen LogP contribution is 1.84. The summed E-state index contributed by atoms with van der Waals surface area (Å²) in [5.74, 6) is -1.06. The van der Waals surface area contributed by atoms with Crippen LogP contribution in [0.5, 0.6) is 0 Å². The summed E-state index contributed by atoms with van der Waals surface area (Å²) >= 11 is 0. The molecule has 0 radical (unpaired) electrons. The molecule has 2 unspecified atom stereocenters. The van der Waals surface area contributed by atoms with Gasteiger partial charge in [-0.15, -0.1) is 0 Å². The van der Waals surface area contributed by atoms with Gasteiger partial charge in [0.1, 0.15) is 12.5 Å². The van der Waals surface area contributed by atoms with Crippen molar-refractivity contribution in [3.63, 3.8) is 0 Å². The monoisotopic (exact) mass is 245 g/mol. The van der Waals surface area contributed by atoms with Crippen LogP contribution in [0.4, 0.5) is 0 Å². The molecule has 0 aliphatic rings. The number of rotatable bonds is 3. The standard InChI is InChI=1S/C4H11NO2.C2H4O5S/c1-3(6)5-4(2)7;1-2(3)7-8(4,5)6/h3-7H,1-2H3;1H3,(H,4,5,6). The molecule has 0 saturated carbocycles. The quantitative estimate of drug-likeness (QED) is 0.352. The maximum atomic E-state index is 9.70. The van der Waals surface area contributed by atoms with Gasteiger partial charge in [-0.3, -0.25) is 14.7 Å². The zero-order chi connectivity index (χ0) is 12.6. The first-order valence-electron chi connectivity index (χ1n) is 3.84. The number of aliphatic hydroxyl groups excluding tert-OH is 2. The molecule has 0 heterocycles. The Labute approximate surface area is 87.8 Å². The van der Waals surface area contributed by atoms with Crippen molar-refractivity contribution in [3.8, 4) is 0 Å². The Bertz CT molecular complexity index is 265. The first kappa shape index (κ1) is 16.7. The van der Waals surface area contributed by atoms with Crippen LogP contribution in [-0.2, 0) is 19.4 Å². The molecular formula is C6H15NO7S. The number of carbonyl (C=O) groups is 1. The lowest BCUT2D eigenvalue weighted by Gasteiger charge is -2.08. The second kappa shape index (κ2) is 7.54. The van der Waals surface area contributed by atoms with Crippen LogP contribution in [-0.4, -0.2) is 41.6 Å². The maximum Gasteiger partial charge on any atom is 0.448 e. The van der Waals surface area contributed by atoms with Gasteiger partial charge in [-0.25, -0.2) is 0 Å². The molecule has 0 aromatic heterocycles. The summed E-state index contributed by atoms with van der Waals surface area (Å²) in [5.41, 5.74) is 0. The molecule has 0 aliphatic heterocycles. The second-order valence-electron chi connectivity index (χ2n) is 2.52. The zero-order valence-electron chi connectivity index (χ0n) is 8.54. The molecule has 0 bridgehead atoms. The molecule has 0 aromatic carbocycles. The van der Waals surface area contributed by atoms with Gasteiger partial charge in [-0.2, -0.15) is 8.42 Å². The number of aliphatic hydroxyl groups is 2. The smallest absolute Gasteiger partial charge is 0.379 e. The average molecular weight is 245 g/mol. The Morgan fingerprint density at radius 2 is 1.60 bits per heavy atom. The summed E-state index contributed by atoms with van der Waals surface area (Å²) in [4.78, 5) is 9.70. The Kier molecular flexibility index (Phi) is 8.38. The molecular weight excluding hydrogens is 230 g/mol. The van der Waals surface area contributed by atoms with Crippen molar-refractivity contribution in [2.24, 2.45) is 0 Å². The van der Waals surface area contributed by atoms with E-state index in [1.54, 1.807) is 13.8 Å². The van der Waals surface area contributed by atoms with E-state index in [1.165, 1.54) is 0 Å².